The first-order valence-corrected chi connectivity index (χ1v) is 22.6. The highest BCUT2D eigenvalue weighted by atomic mass is 19.1. The van der Waals surface area contributed by atoms with Gasteiger partial charge in [-0.3, -0.25) is 19.8 Å². The molecule has 0 saturated carbocycles. The van der Waals surface area contributed by atoms with E-state index in [-0.39, 0.29) is 49.7 Å². The molecule has 2 amide bonds. The molecule has 8 aromatic rings. The van der Waals surface area contributed by atoms with E-state index >= 15 is 0 Å². The maximum absolute atomic E-state index is 15.0. The van der Waals surface area contributed by atoms with E-state index in [2.05, 4.69) is 30.7 Å². The molecule has 8 rings (SSSR count). The smallest absolute Gasteiger partial charge is 0.488 e. The number of methoxy groups -OCH3 is 2. The van der Waals surface area contributed by atoms with E-state index in [0.29, 0.717) is 67.2 Å². The van der Waals surface area contributed by atoms with Crippen molar-refractivity contribution < 1.29 is 65.7 Å². The Bertz CT molecular complexity index is 3170. The molecule has 0 aliphatic rings. The Kier molecular flexibility index (Phi) is 16.5. The van der Waals surface area contributed by atoms with E-state index in [4.69, 9.17) is 37.5 Å². The summed E-state index contributed by atoms with van der Waals surface area (Å²) in [5, 5.41) is 32.5. The Hall–Kier alpha value is -8.21. The summed E-state index contributed by atoms with van der Waals surface area (Å²) in [6.07, 6.45) is -2.04. The maximum atomic E-state index is 15.0. The molecule has 73 heavy (non-hydrogen) atoms. The second kappa shape index (κ2) is 22.9. The molecule has 0 bridgehead atoms. The number of nitrogens with zero attached hydrogens (tertiary/aromatic N) is 6. The number of aliphatic hydroxyl groups is 1. The summed E-state index contributed by atoms with van der Waals surface area (Å²) in [5.41, 5.74) is 4.86. The third-order valence-corrected chi connectivity index (χ3v) is 10.9. The van der Waals surface area contributed by atoms with Gasteiger partial charge in [0.05, 0.1) is 17.6 Å². The summed E-state index contributed by atoms with van der Waals surface area (Å²) >= 11 is 0. The Morgan fingerprint density at radius 2 is 1.07 bits per heavy atom. The predicted octanol–water partition coefficient (Wildman–Crippen LogP) is 8.18. The number of carbonyl (C=O) groups excluding carboxylic acids is 3. The summed E-state index contributed by atoms with van der Waals surface area (Å²) in [4.78, 5) is 39.0. The molecule has 0 aliphatic carbocycles. The molecule has 20 nitrogen and oxygen atoms in total. The number of rotatable bonds is 17. The standard InChI is InChI=1S/C28H31FN4O7.C23H23FN4O5/c1-28(2,3)39-27(35)38-15-18(36-6)14-37-23-13-22-19(11-20(23)29)25(31-30-22)24-12-21(32-40-24)16-7-9-17(10-8-16)26(34)33(4)5;1-28(2)23(30)14-6-4-13(5-7-14)18-9-21(33-27-18)22-16-8-17(24)20(10-19(16)25-26-22)32-12-15(11-29)31-3/h7-13,18H,14-15H2,1-6H3,(H,30,31);4-10,15,29H,11-12H2,1-3H3,(H,25,26). The molecule has 2 atom stereocenters. The first-order valence-electron chi connectivity index (χ1n) is 22.6. The van der Waals surface area contributed by atoms with Crippen LogP contribution in [0.4, 0.5) is 13.6 Å². The van der Waals surface area contributed by atoms with Gasteiger partial charge in [-0.05, 0) is 57.2 Å². The number of benzene rings is 4. The van der Waals surface area contributed by atoms with Gasteiger partial charge in [0, 0.05) is 99.7 Å². The van der Waals surface area contributed by atoms with Crippen LogP contribution in [0.5, 0.6) is 11.5 Å². The summed E-state index contributed by atoms with van der Waals surface area (Å²) < 4.78 is 72.1. The molecule has 384 valence electrons. The monoisotopic (exact) mass is 1010 g/mol. The SMILES string of the molecule is COC(CO)COc1cc2[nH]nc(-c3cc(-c4ccc(C(=O)N(C)C)cc4)no3)c2cc1F.COC(COC(=O)OC(C)(C)C)COc1cc2[nH]nc(-c3cc(-c4ccc(C(=O)N(C)C)cc4)no3)c2cc1F. The fourth-order valence-corrected chi connectivity index (χ4v) is 6.95. The molecular weight excluding hydrogens is 955 g/mol. The zero-order valence-electron chi connectivity index (χ0n) is 41.4. The first-order chi connectivity index (χ1) is 34.9. The normalized spacial score (nSPS) is 12.2. The van der Waals surface area contributed by atoms with Crippen LogP contribution in [0.15, 0.2) is 94.0 Å². The predicted molar refractivity (Wildman–Crippen MR) is 262 cm³/mol. The molecule has 2 unspecified atom stereocenters. The summed E-state index contributed by atoms with van der Waals surface area (Å²) in [7, 11) is 9.62. The number of aliphatic hydroxyl groups excluding tert-OH is 1. The Morgan fingerprint density at radius 1 is 0.644 bits per heavy atom. The van der Waals surface area contributed by atoms with E-state index < -0.39 is 35.6 Å². The minimum absolute atomic E-state index is 0.000809. The van der Waals surface area contributed by atoms with E-state index in [1.165, 1.54) is 48.3 Å². The maximum Gasteiger partial charge on any atom is 0.508 e. The molecule has 3 N–H and O–H groups in total. The summed E-state index contributed by atoms with van der Waals surface area (Å²) in [6.45, 7) is 4.72. The van der Waals surface area contributed by atoms with Crippen LogP contribution in [0.2, 0.25) is 0 Å². The molecule has 4 aromatic heterocycles. The Labute approximate surface area is 417 Å². The van der Waals surface area contributed by atoms with Gasteiger partial charge >= 0.3 is 6.16 Å². The van der Waals surface area contributed by atoms with Crippen molar-refractivity contribution in [1.82, 2.24) is 40.5 Å². The number of hydrogen-bond acceptors (Lipinski definition) is 16. The van der Waals surface area contributed by atoms with Gasteiger partial charge in [-0.15, -0.1) is 0 Å². The van der Waals surface area contributed by atoms with Crippen LogP contribution in [0.25, 0.3) is 67.2 Å². The van der Waals surface area contributed by atoms with Crippen LogP contribution in [-0.2, 0) is 18.9 Å². The number of aromatic amines is 2. The van der Waals surface area contributed by atoms with Crippen molar-refractivity contribution in [3.05, 3.63) is 108 Å². The lowest BCUT2D eigenvalue weighted by atomic mass is 10.1. The van der Waals surface area contributed by atoms with Crippen molar-refractivity contribution in [2.24, 2.45) is 0 Å². The average Bonchev–Trinajstić information content (AvgIpc) is 4.21. The Morgan fingerprint density at radius 3 is 1.45 bits per heavy atom. The lowest BCUT2D eigenvalue weighted by Gasteiger charge is -2.21. The highest BCUT2D eigenvalue weighted by Crippen LogP contribution is 2.35. The molecule has 0 fully saturated rings. The third-order valence-electron chi connectivity index (χ3n) is 10.9. The van der Waals surface area contributed by atoms with Gasteiger partial charge in [-0.25, -0.2) is 13.6 Å². The van der Waals surface area contributed by atoms with Gasteiger partial charge in [-0.2, -0.15) is 10.2 Å². The minimum Gasteiger partial charge on any atom is -0.488 e. The molecule has 4 aromatic carbocycles. The number of ether oxygens (including phenoxy) is 6. The van der Waals surface area contributed by atoms with Gasteiger partial charge in [0.2, 0.25) is 0 Å². The fraction of sp³-hybridized carbons (Fsp3) is 0.314. The molecule has 0 aliphatic heterocycles. The third kappa shape index (κ3) is 12.8. The molecule has 0 spiro atoms. The molecule has 0 saturated heterocycles. The molecule has 22 heteroatoms. The van der Waals surface area contributed by atoms with Crippen molar-refractivity contribution in [3.63, 3.8) is 0 Å². The average molecular weight is 1010 g/mol. The van der Waals surface area contributed by atoms with E-state index in [1.54, 1.807) is 110 Å². The van der Waals surface area contributed by atoms with Crippen molar-refractivity contribution in [3.8, 4) is 56.9 Å². The number of amides is 2. The number of halogens is 2. The van der Waals surface area contributed by atoms with Gasteiger partial charge in [0.25, 0.3) is 11.8 Å². The molecule has 4 heterocycles. The lowest BCUT2D eigenvalue weighted by molar-refractivity contribution is -0.0407. The van der Waals surface area contributed by atoms with Gasteiger partial charge in [0.15, 0.2) is 34.7 Å². The Balaban J connectivity index is 0.000000218. The van der Waals surface area contributed by atoms with E-state index in [0.717, 1.165) is 11.1 Å². The van der Waals surface area contributed by atoms with Crippen LogP contribution in [-0.4, -0.2) is 150 Å². The van der Waals surface area contributed by atoms with Gasteiger partial charge < -0.3 is 52.4 Å². The van der Waals surface area contributed by atoms with Crippen molar-refractivity contribution in [2.75, 3.05) is 68.8 Å². The fourth-order valence-electron chi connectivity index (χ4n) is 6.95. The number of aromatic nitrogens is 6. The number of nitrogens with one attached hydrogen (secondary N) is 2. The molecule has 0 radical (unpaired) electrons. The number of carbonyl (C=O) groups is 3. The van der Waals surface area contributed by atoms with Gasteiger partial charge in [-0.1, -0.05) is 34.6 Å². The van der Waals surface area contributed by atoms with Crippen LogP contribution in [0, 0.1) is 11.6 Å². The second-order valence-electron chi connectivity index (χ2n) is 17.8. The van der Waals surface area contributed by atoms with E-state index in [9.17, 15) is 28.3 Å². The number of H-pyrrole nitrogens is 2. The summed E-state index contributed by atoms with van der Waals surface area (Å²) in [5.74, 6) is -0.735. The highest BCUT2D eigenvalue weighted by Gasteiger charge is 2.23. The topological polar surface area (TPSA) is 243 Å². The van der Waals surface area contributed by atoms with Crippen LogP contribution >= 0.6 is 0 Å². The second-order valence-corrected chi connectivity index (χ2v) is 17.8. The van der Waals surface area contributed by atoms with E-state index in [1.807, 2.05) is 0 Å². The van der Waals surface area contributed by atoms with Crippen molar-refractivity contribution >= 4 is 39.8 Å². The molecular formula is C51H54F2N8O12. The lowest BCUT2D eigenvalue weighted by Crippen LogP contribution is -2.30. The highest BCUT2D eigenvalue weighted by molar-refractivity contribution is 5.96. The number of fused-ring (bicyclic) bond motifs is 2. The van der Waals surface area contributed by atoms with Crippen molar-refractivity contribution in [2.45, 2.75) is 38.6 Å². The first kappa shape index (κ1) is 52.6. The van der Waals surface area contributed by atoms with Crippen LogP contribution in [0.1, 0.15) is 41.5 Å². The quantitative estimate of drug-likeness (QED) is 0.0728. The van der Waals surface area contributed by atoms with Crippen LogP contribution < -0.4 is 9.47 Å². The van der Waals surface area contributed by atoms with Crippen LogP contribution in [0.3, 0.4) is 0 Å². The summed E-state index contributed by atoms with van der Waals surface area (Å²) in [6, 6.07) is 22.9. The zero-order chi connectivity index (χ0) is 52.6. The van der Waals surface area contributed by atoms with Gasteiger partial charge in [0.1, 0.15) is 60.4 Å². The minimum atomic E-state index is -0.834. The largest absolute Gasteiger partial charge is 0.508 e. The number of hydrogen-bond donors (Lipinski definition) is 3. The van der Waals surface area contributed by atoms with Crippen molar-refractivity contribution in [1.29, 1.82) is 0 Å². The zero-order valence-corrected chi connectivity index (χ0v) is 41.4.